The number of aromatic nitrogens is 4. The summed E-state index contributed by atoms with van der Waals surface area (Å²) >= 11 is 1.06. The average molecular weight is 431 g/mol. The molecule has 0 unspecified atom stereocenters. The first-order valence-corrected chi connectivity index (χ1v) is 10.3. The zero-order valence-corrected chi connectivity index (χ0v) is 16.2. The van der Waals surface area contributed by atoms with Crippen LogP contribution >= 0.6 is 11.3 Å². The lowest BCUT2D eigenvalue weighted by Crippen LogP contribution is -2.34. The molecule has 0 saturated carbocycles. The van der Waals surface area contributed by atoms with E-state index in [1.165, 1.54) is 30.0 Å². The number of sulfonamides is 1. The number of halogens is 2. The number of alkyl halides is 2. The van der Waals surface area contributed by atoms with E-state index in [9.17, 15) is 17.2 Å². The Bertz CT molecular complexity index is 1010. The van der Waals surface area contributed by atoms with E-state index in [0.29, 0.717) is 15.6 Å². The van der Waals surface area contributed by atoms with Gasteiger partial charge in [0.25, 0.3) is 11.8 Å². The molecule has 28 heavy (non-hydrogen) atoms. The lowest BCUT2D eigenvalue weighted by molar-refractivity contribution is 0.116. The zero-order chi connectivity index (χ0) is 20.1. The van der Waals surface area contributed by atoms with Gasteiger partial charge in [-0.15, -0.1) is 21.5 Å². The van der Waals surface area contributed by atoms with Crippen LogP contribution in [0.15, 0.2) is 35.1 Å². The van der Waals surface area contributed by atoms with Crippen molar-refractivity contribution < 1.29 is 26.4 Å². The minimum absolute atomic E-state index is 0.0284. The molecule has 3 aromatic heterocycles. The normalized spacial score (nSPS) is 11.9. The molecule has 3 aromatic rings. The zero-order valence-electron chi connectivity index (χ0n) is 14.5. The summed E-state index contributed by atoms with van der Waals surface area (Å²) in [5, 5.41) is 7.24. The molecule has 0 aliphatic heterocycles. The van der Waals surface area contributed by atoms with Crippen LogP contribution < -0.4 is 4.31 Å². The van der Waals surface area contributed by atoms with Gasteiger partial charge in [0.15, 0.2) is 0 Å². The summed E-state index contributed by atoms with van der Waals surface area (Å²) in [4.78, 5) is 8.46. The Labute approximate surface area is 163 Å². The van der Waals surface area contributed by atoms with E-state index in [0.717, 1.165) is 11.3 Å². The van der Waals surface area contributed by atoms with Crippen LogP contribution in [0.25, 0.3) is 10.8 Å². The molecule has 13 heteroatoms. The fraction of sp³-hybridized carbons (Fsp3) is 0.333. The van der Waals surface area contributed by atoms with Gasteiger partial charge in [-0.1, -0.05) is 0 Å². The number of methoxy groups -OCH3 is 1. The summed E-state index contributed by atoms with van der Waals surface area (Å²) in [5.41, 5.74) is 0.369. The minimum Gasteiger partial charge on any atom is -0.414 e. The first-order chi connectivity index (χ1) is 13.4. The van der Waals surface area contributed by atoms with Crippen LogP contribution in [0.5, 0.6) is 0 Å². The van der Waals surface area contributed by atoms with Gasteiger partial charge in [0, 0.05) is 13.3 Å². The van der Waals surface area contributed by atoms with Gasteiger partial charge in [0.05, 0.1) is 37.0 Å². The maximum atomic E-state index is 12.7. The largest absolute Gasteiger partial charge is 0.414 e. The van der Waals surface area contributed by atoms with Gasteiger partial charge in [0.1, 0.15) is 9.88 Å². The molecule has 0 atom stereocenters. The lowest BCUT2D eigenvalue weighted by Gasteiger charge is -2.23. The highest BCUT2D eigenvalue weighted by Gasteiger charge is 2.25. The number of rotatable bonds is 9. The molecule has 3 heterocycles. The molecule has 3 rings (SSSR count). The van der Waals surface area contributed by atoms with Crippen molar-refractivity contribution in [1.82, 2.24) is 20.2 Å². The van der Waals surface area contributed by atoms with Crippen molar-refractivity contribution in [2.45, 2.75) is 13.0 Å². The molecule has 0 aromatic carbocycles. The highest BCUT2D eigenvalue weighted by molar-refractivity contribution is 7.92. The van der Waals surface area contributed by atoms with Crippen LogP contribution in [0, 0.1) is 0 Å². The van der Waals surface area contributed by atoms with Crippen LogP contribution in [0.4, 0.5) is 14.5 Å². The van der Waals surface area contributed by atoms with Crippen molar-refractivity contribution in [1.29, 1.82) is 0 Å². The minimum atomic E-state index is -3.71. The monoisotopic (exact) mass is 431 g/mol. The van der Waals surface area contributed by atoms with Crippen molar-refractivity contribution in [2.24, 2.45) is 0 Å². The Balaban J connectivity index is 1.86. The summed E-state index contributed by atoms with van der Waals surface area (Å²) in [5.74, 6) is -1.11. The highest BCUT2D eigenvalue weighted by Crippen LogP contribution is 2.29. The number of pyridine rings is 1. The quantitative estimate of drug-likeness (QED) is 0.508. The molecule has 0 bridgehead atoms. The smallest absolute Gasteiger partial charge is 0.314 e. The summed E-state index contributed by atoms with van der Waals surface area (Å²) in [6, 6.07) is 3.23. The number of ether oxygens (including phenoxy) is 1. The Kier molecular flexibility index (Phi) is 6.26. The Hall–Kier alpha value is -2.51. The second-order valence-electron chi connectivity index (χ2n) is 5.39. The Morgan fingerprint density at radius 3 is 2.79 bits per heavy atom. The number of nitrogens with zero attached hydrogens (tertiary/aromatic N) is 5. The van der Waals surface area contributed by atoms with Crippen molar-refractivity contribution in [3.8, 4) is 10.8 Å². The van der Waals surface area contributed by atoms with E-state index < -0.39 is 22.3 Å². The molecular formula is C15H15F2N5O4S2. The third-order valence-corrected chi connectivity index (χ3v) is 6.15. The average Bonchev–Trinajstić information content (AvgIpc) is 3.34. The van der Waals surface area contributed by atoms with Crippen LogP contribution in [0.2, 0.25) is 0 Å². The molecule has 0 fully saturated rings. The molecule has 0 spiro atoms. The van der Waals surface area contributed by atoms with Crippen molar-refractivity contribution in [3.63, 3.8) is 0 Å². The molecule has 9 nitrogen and oxygen atoms in total. The van der Waals surface area contributed by atoms with Gasteiger partial charge < -0.3 is 9.15 Å². The van der Waals surface area contributed by atoms with Gasteiger partial charge in [0.2, 0.25) is 10.0 Å². The lowest BCUT2D eigenvalue weighted by atomic mass is 10.4. The highest BCUT2D eigenvalue weighted by atomic mass is 32.2. The Morgan fingerprint density at radius 1 is 1.32 bits per heavy atom. The molecule has 0 aliphatic rings. The summed E-state index contributed by atoms with van der Waals surface area (Å²) in [6.45, 7) is -0.0428. The summed E-state index contributed by atoms with van der Waals surface area (Å²) in [6.07, 6.45) is 1.44. The summed E-state index contributed by atoms with van der Waals surface area (Å²) < 4.78 is 61.6. The van der Waals surface area contributed by atoms with Crippen LogP contribution in [-0.2, 0) is 21.3 Å². The number of hydrogen-bond acceptors (Lipinski definition) is 9. The predicted molar refractivity (Wildman–Crippen MR) is 96.4 cm³/mol. The number of thiazole rings is 1. The van der Waals surface area contributed by atoms with Crippen LogP contribution in [0.3, 0.4) is 0 Å². The maximum Gasteiger partial charge on any atom is 0.314 e. The third kappa shape index (κ3) is 4.66. The SMILES string of the molecule is COCCS(=O)(=O)N(Cc1ncc(-c2nnc(C(F)F)o2)s1)c1cccnc1. The van der Waals surface area contributed by atoms with E-state index in [-0.39, 0.29) is 24.8 Å². The molecule has 0 amide bonds. The van der Waals surface area contributed by atoms with Crippen molar-refractivity contribution >= 4 is 27.0 Å². The van der Waals surface area contributed by atoms with E-state index >= 15 is 0 Å². The molecule has 150 valence electrons. The first kappa shape index (κ1) is 20.2. The molecule has 0 aliphatic carbocycles. The second kappa shape index (κ2) is 8.67. The van der Waals surface area contributed by atoms with E-state index in [1.807, 2.05) is 0 Å². The number of hydrogen-bond donors (Lipinski definition) is 0. The first-order valence-electron chi connectivity index (χ1n) is 7.86. The second-order valence-corrected chi connectivity index (χ2v) is 8.52. The topological polar surface area (TPSA) is 111 Å². The van der Waals surface area contributed by atoms with Gasteiger partial charge >= 0.3 is 6.43 Å². The predicted octanol–water partition coefficient (Wildman–Crippen LogP) is 2.51. The van der Waals surface area contributed by atoms with E-state index in [1.54, 1.807) is 12.1 Å². The standard InChI is InChI=1S/C15H15F2N5O4S2/c1-25-5-6-28(23,24)22(10-3-2-4-18-7-10)9-12-19-8-11(27-12)14-20-21-15(26-14)13(16)17/h2-4,7-8,13H,5-6,9H2,1H3. The van der Waals surface area contributed by atoms with E-state index in [4.69, 9.17) is 9.15 Å². The van der Waals surface area contributed by atoms with Crippen molar-refractivity contribution in [2.75, 3.05) is 23.8 Å². The van der Waals surface area contributed by atoms with Crippen LogP contribution in [-0.4, -0.2) is 48.1 Å². The maximum absolute atomic E-state index is 12.7. The number of anilines is 1. The molecule has 0 saturated heterocycles. The van der Waals surface area contributed by atoms with E-state index in [2.05, 4.69) is 20.2 Å². The fourth-order valence-corrected chi connectivity index (χ4v) is 4.43. The van der Waals surface area contributed by atoms with Gasteiger partial charge in [-0.3, -0.25) is 9.29 Å². The Morgan fingerprint density at radius 2 is 2.14 bits per heavy atom. The van der Waals surface area contributed by atoms with Crippen LogP contribution in [0.1, 0.15) is 17.3 Å². The van der Waals surface area contributed by atoms with Gasteiger partial charge in [-0.25, -0.2) is 13.4 Å². The van der Waals surface area contributed by atoms with Crippen molar-refractivity contribution in [3.05, 3.63) is 41.6 Å². The molecular weight excluding hydrogens is 416 g/mol. The summed E-state index contributed by atoms with van der Waals surface area (Å²) in [7, 11) is -2.30. The molecule has 0 N–H and O–H groups in total. The molecule has 0 radical (unpaired) electrons. The fourth-order valence-electron chi connectivity index (χ4n) is 2.18. The van der Waals surface area contributed by atoms with Gasteiger partial charge in [-0.2, -0.15) is 8.78 Å². The third-order valence-electron chi connectivity index (χ3n) is 3.49. The van der Waals surface area contributed by atoms with Gasteiger partial charge in [-0.05, 0) is 12.1 Å².